The largest absolute Gasteiger partial charge is 0.301 e. The summed E-state index contributed by atoms with van der Waals surface area (Å²) in [4.78, 5) is 21.5. The molecule has 0 bridgehead atoms. The molecule has 0 radical (unpaired) electrons. The minimum Gasteiger partial charge on any atom is -0.301 e. The second-order valence-corrected chi connectivity index (χ2v) is 8.24. The molecule has 0 atom stereocenters. The number of anilines is 1. The zero-order chi connectivity index (χ0) is 18.4. The Morgan fingerprint density at radius 2 is 2.15 bits per heavy atom. The number of aryl methyl sites for hydroxylation is 1. The Balaban J connectivity index is 1.50. The van der Waals surface area contributed by atoms with Crippen LogP contribution >= 0.6 is 34.7 Å². The summed E-state index contributed by atoms with van der Waals surface area (Å²) in [6.45, 7) is 1.99. The summed E-state index contributed by atoms with van der Waals surface area (Å²) in [6.07, 6.45) is 6.06. The molecule has 1 amide bonds. The summed E-state index contributed by atoms with van der Waals surface area (Å²) in [7, 11) is 0. The van der Waals surface area contributed by atoms with Crippen LogP contribution in [0.4, 0.5) is 5.13 Å². The number of aromatic nitrogens is 2. The Bertz CT molecular complexity index is 884. The van der Waals surface area contributed by atoms with Crippen molar-refractivity contribution in [3.8, 4) is 0 Å². The van der Waals surface area contributed by atoms with E-state index in [1.807, 2.05) is 43.5 Å². The number of carbonyl (C=O) groups excluding carboxylic acids is 1. The standard InChI is InChI=1S/C19H18ClN3OS2/c1-13-4-2-6-15(18(13)20)8-16-10-22-19(26-16)23-17(24)12-25-11-14-5-3-7-21-9-14/h2-7,9-10H,8,11-12H2,1H3,(H,22,23,24). The van der Waals surface area contributed by atoms with Crippen LogP contribution in [0.2, 0.25) is 5.02 Å². The fourth-order valence-electron chi connectivity index (χ4n) is 2.38. The lowest BCUT2D eigenvalue weighted by atomic mass is 10.1. The molecule has 1 aromatic carbocycles. The van der Waals surface area contributed by atoms with Gasteiger partial charge in [0.25, 0.3) is 0 Å². The topological polar surface area (TPSA) is 54.9 Å². The van der Waals surface area contributed by atoms with E-state index >= 15 is 0 Å². The van der Waals surface area contributed by atoms with E-state index < -0.39 is 0 Å². The van der Waals surface area contributed by atoms with Crippen LogP contribution < -0.4 is 5.32 Å². The monoisotopic (exact) mass is 403 g/mol. The number of hydrogen-bond acceptors (Lipinski definition) is 5. The maximum Gasteiger partial charge on any atom is 0.236 e. The van der Waals surface area contributed by atoms with Crippen LogP contribution in [0.15, 0.2) is 48.9 Å². The number of rotatable bonds is 7. The van der Waals surface area contributed by atoms with E-state index in [1.54, 1.807) is 24.2 Å². The molecule has 3 rings (SSSR count). The predicted octanol–water partition coefficient (Wildman–Crippen LogP) is 4.96. The number of hydrogen-bond donors (Lipinski definition) is 1. The van der Waals surface area contributed by atoms with Crippen LogP contribution in [0, 0.1) is 6.92 Å². The van der Waals surface area contributed by atoms with E-state index in [4.69, 9.17) is 11.6 Å². The van der Waals surface area contributed by atoms with E-state index in [2.05, 4.69) is 15.3 Å². The molecule has 0 unspecified atom stereocenters. The molecule has 7 heteroatoms. The van der Waals surface area contributed by atoms with Crippen LogP contribution in [0.3, 0.4) is 0 Å². The van der Waals surface area contributed by atoms with E-state index in [0.29, 0.717) is 17.3 Å². The molecule has 134 valence electrons. The summed E-state index contributed by atoms with van der Waals surface area (Å²) < 4.78 is 0. The first kappa shape index (κ1) is 18.9. The van der Waals surface area contributed by atoms with E-state index in [9.17, 15) is 4.79 Å². The van der Waals surface area contributed by atoms with Crippen molar-refractivity contribution in [1.29, 1.82) is 0 Å². The summed E-state index contributed by atoms with van der Waals surface area (Å²) in [5, 5.41) is 4.27. The molecule has 0 saturated carbocycles. The Labute approximate surface area is 166 Å². The summed E-state index contributed by atoms with van der Waals surface area (Å²) >= 11 is 9.38. The maximum atomic E-state index is 12.1. The molecular formula is C19H18ClN3OS2. The summed E-state index contributed by atoms with van der Waals surface area (Å²) in [5.74, 6) is 1.09. The average Bonchev–Trinajstić information content (AvgIpc) is 3.07. The number of thiazole rings is 1. The molecule has 0 fully saturated rings. The van der Waals surface area contributed by atoms with Gasteiger partial charge in [0.1, 0.15) is 0 Å². The van der Waals surface area contributed by atoms with Gasteiger partial charge in [0.05, 0.1) is 5.75 Å². The zero-order valence-electron chi connectivity index (χ0n) is 14.2. The Morgan fingerprint density at radius 1 is 1.27 bits per heavy atom. The van der Waals surface area contributed by atoms with Gasteiger partial charge in [-0.05, 0) is 29.7 Å². The highest BCUT2D eigenvalue weighted by atomic mass is 35.5. The van der Waals surface area contributed by atoms with Crippen molar-refractivity contribution in [3.05, 3.63) is 75.5 Å². The van der Waals surface area contributed by atoms with Gasteiger partial charge in [-0.25, -0.2) is 4.98 Å². The van der Waals surface area contributed by atoms with Crippen LogP contribution in [0.5, 0.6) is 0 Å². The normalized spacial score (nSPS) is 10.7. The first-order chi connectivity index (χ1) is 12.6. The van der Waals surface area contributed by atoms with E-state index in [1.165, 1.54) is 11.3 Å². The fraction of sp³-hybridized carbons (Fsp3) is 0.211. The van der Waals surface area contributed by atoms with Crippen molar-refractivity contribution in [2.45, 2.75) is 19.1 Å². The highest BCUT2D eigenvalue weighted by Crippen LogP contribution is 2.26. The minimum atomic E-state index is -0.0478. The van der Waals surface area contributed by atoms with Crippen LogP contribution in [-0.2, 0) is 17.0 Å². The first-order valence-corrected chi connectivity index (χ1v) is 10.4. The number of benzene rings is 1. The van der Waals surface area contributed by atoms with Crippen molar-refractivity contribution >= 4 is 45.7 Å². The number of thioether (sulfide) groups is 1. The summed E-state index contributed by atoms with van der Waals surface area (Å²) in [5.41, 5.74) is 3.24. The lowest BCUT2D eigenvalue weighted by Crippen LogP contribution is -2.13. The van der Waals surface area contributed by atoms with Crippen molar-refractivity contribution < 1.29 is 4.79 Å². The first-order valence-electron chi connectivity index (χ1n) is 8.07. The second-order valence-electron chi connectivity index (χ2n) is 5.76. The SMILES string of the molecule is Cc1cccc(Cc2cnc(NC(=O)CSCc3cccnc3)s2)c1Cl. The number of amides is 1. The Kier molecular flexibility index (Phi) is 6.66. The fourth-order valence-corrected chi connectivity index (χ4v) is 4.19. The molecule has 0 aliphatic carbocycles. The molecule has 1 N–H and O–H groups in total. The third-order valence-electron chi connectivity index (χ3n) is 3.66. The third-order valence-corrected chi connectivity index (χ3v) is 6.12. The Morgan fingerprint density at radius 3 is 2.96 bits per heavy atom. The number of pyridine rings is 1. The quantitative estimate of drug-likeness (QED) is 0.605. The van der Waals surface area contributed by atoms with Gasteiger partial charge < -0.3 is 5.32 Å². The maximum absolute atomic E-state index is 12.1. The molecule has 0 aliphatic rings. The summed E-state index contributed by atoms with van der Waals surface area (Å²) in [6, 6.07) is 9.91. The molecule has 2 heterocycles. The average molecular weight is 404 g/mol. The van der Waals surface area contributed by atoms with Gasteiger partial charge in [0.15, 0.2) is 5.13 Å². The number of halogens is 1. The van der Waals surface area contributed by atoms with Crippen molar-refractivity contribution in [2.75, 3.05) is 11.1 Å². The van der Waals surface area contributed by atoms with E-state index in [-0.39, 0.29) is 5.91 Å². The van der Waals surface area contributed by atoms with Gasteiger partial charge in [0, 0.05) is 40.7 Å². The molecule has 4 nitrogen and oxygen atoms in total. The molecular weight excluding hydrogens is 386 g/mol. The molecule has 26 heavy (non-hydrogen) atoms. The third kappa shape index (κ3) is 5.30. The van der Waals surface area contributed by atoms with Gasteiger partial charge in [-0.3, -0.25) is 9.78 Å². The van der Waals surface area contributed by atoms with Crippen molar-refractivity contribution in [3.63, 3.8) is 0 Å². The molecule has 0 spiro atoms. The highest BCUT2D eigenvalue weighted by Gasteiger charge is 2.10. The number of nitrogens with zero attached hydrogens (tertiary/aromatic N) is 2. The minimum absolute atomic E-state index is 0.0478. The second kappa shape index (κ2) is 9.16. The highest BCUT2D eigenvalue weighted by molar-refractivity contribution is 7.99. The molecule has 3 aromatic rings. The Hall–Kier alpha value is -1.89. The lowest BCUT2D eigenvalue weighted by molar-refractivity contribution is -0.113. The van der Waals surface area contributed by atoms with Crippen LogP contribution in [0.1, 0.15) is 21.6 Å². The van der Waals surface area contributed by atoms with Gasteiger partial charge >= 0.3 is 0 Å². The van der Waals surface area contributed by atoms with Crippen LogP contribution in [-0.4, -0.2) is 21.6 Å². The van der Waals surface area contributed by atoms with Gasteiger partial charge in [-0.15, -0.1) is 23.1 Å². The number of carbonyl (C=O) groups is 1. The molecule has 0 aliphatic heterocycles. The zero-order valence-corrected chi connectivity index (χ0v) is 16.6. The number of nitrogens with one attached hydrogen (secondary N) is 1. The van der Waals surface area contributed by atoms with E-state index in [0.717, 1.165) is 32.3 Å². The molecule has 0 saturated heterocycles. The van der Waals surface area contributed by atoms with Gasteiger partial charge in [-0.1, -0.05) is 35.9 Å². The van der Waals surface area contributed by atoms with Gasteiger partial charge in [-0.2, -0.15) is 0 Å². The predicted molar refractivity (Wildman–Crippen MR) is 110 cm³/mol. The van der Waals surface area contributed by atoms with Gasteiger partial charge in [0.2, 0.25) is 5.91 Å². The smallest absolute Gasteiger partial charge is 0.236 e. The lowest BCUT2D eigenvalue weighted by Gasteiger charge is -2.04. The molecule has 2 aromatic heterocycles. The van der Waals surface area contributed by atoms with Crippen molar-refractivity contribution in [2.24, 2.45) is 0 Å². The van der Waals surface area contributed by atoms with Crippen LogP contribution in [0.25, 0.3) is 0 Å². The van der Waals surface area contributed by atoms with Crippen molar-refractivity contribution in [1.82, 2.24) is 9.97 Å².